The first kappa shape index (κ1) is 23.0. The van der Waals surface area contributed by atoms with Crippen LogP contribution in [0.25, 0.3) is 0 Å². The van der Waals surface area contributed by atoms with E-state index >= 15 is 0 Å². The van der Waals surface area contributed by atoms with Crippen molar-refractivity contribution in [2.24, 2.45) is 0 Å². The second kappa shape index (κ2) is 10.6. The molecule has 1 atom stereocenters. The van der Waals surface area contributed by atoms with Crippen LogP contribution in [0.2, 0.25) is 0 Å². The average Bonchev–Trinajstić information content (AvgIpc) is 3.26. The summed E-state index contributed by atoms with van der Waals surface area (Å²) >= 11 is 0. The van der Waals surface area contributed by atoms with E-state index in [1.165, 1.54) is 24.3 Å². The third-order valence-corrected chi connectivity index (χ3v) is 5.62. The van der Waals surface area contributed by atoms with Gasteiger partial charge in [-0.1, -0.05) is 24.3 Å². The van der Waals surface area contributed by atoms with Gasteiger partial charge in [0, 0.05) is 25.8 Å². The largest absolute Gasteiger partial charge is 0.462 e. The van der Waals surface area contributed by atoms with Crippen LogP contribution in [-0.4, -0.2) is 41.7 Å². The molecule has 0 unspecified atom stereocenters. The zero-order valence-corrected chi connectivity index (χ0v) is 18.4. The molecule has 172 valence electrons. The molecule has 1 fully saturated rings. The van der Waals surface area contributed by atoms with Crippen LogP contribution in [-0.2, 0) is 16.0 Å². The van der Waals surface area contributed by atoms with Crippen LogP contribution in [0.5, 0.6) is 0 Å². The number of hydrogen-bond donors (Lipinski definition) is 0. The van der Waals surface area contributed by atoms with Crippen LogP contribution in [0.1, 0.15) is 46.6 Å². The molecule has 0 amide bonds. The average molecular weight is 453 g/mol. The number of likely N-dealkylation sites (tertiary alicyclic amines) is 1. The van der Waals surface area contributed by atoms with Crippen molar-refractivity contribution < 1.29 is 23.0 Å². The van der Waals surface area contributed by atoms with Crippen molar-refractivity contribution in [2.75, 3.05) is 19.7 Å². The molecule has 1 aliphatic rings. The molecule has 2 heterocycles. The Labute approximate surface area is 192 Å². The number of nitrogens with zero attached hydrogens (tertiary/aromatic N) is 2. The minimum atomic E-state index is -0.429. The maximum Gasteiger partial charge on any atom is 0.338 e. The number of halogens is 2. The summed E-state index contributed by atoms with van der Waals surface area (Å²) in [4.78, 5) is 18.6. The third kappa shape index (κ3) is 6.00. The number of ether oxygens (including phenoxy) is 2. The summed E-state index contributed by atoms with van der Waals surface area (Å²) in [7, 11) is 0. The number of benzene rings is 2. The molecule has 0 radical (unpaired) electrons. The van der Waals surface area contributed by atoms with E-state index in [2.05, 4.69) is 9.88 Å². The van der Waals surface area contributed by atoms with Crippen molar-refractivity contribution in [1.29, 1.82) is 0 Å². The Morgan fingerprint density at radius 2 is 1.70 bits per heavy atom. The van der Waals surface area contributed by atoms with Crippen LogP contribution >= 0.6 is 0 Å². The van der Waals surface area contributed by atoms with Gasteiger partial charge in [-0.2, -0.15) is 0 Å². The lowest BCUT2D eigenvalue weighted by molar-refractivity contribution is 0.0138. The molecule has 2 aromatic carbocycles. The van der Waals surface area contributed by atoms with E-state index in [0.29, 0.717) is 25.3 Å². The molecule has 33 heavy (non-hydrogen) atoms. The van der Waals surface area contributed by atoms with Crippen LogP contribution in [0.15, 0.2) is 66.9 Å². The SMILES string of the molecule is CCOC(=O)c1ccnc(CN2CC[C@H](OC(c3ccc(F)cc3)c3ccc(F)cc3)C2)c1. The molecular weight excluding hydrogens is 426 g/mol. The predicted octanol–water partition coefficient (Wildman–Crippen LogP) is 4.92. The topological polar surface area (TPSA) is 51.7 Å². The summed E-state index contributed by atoms with van der Waals surface area (Å²) < 4.78 is 38.4. The standard InChI is InChI=1S/C26H26F2N2O3/c1-2-32-26(31)20-11-13-29-23(15-20)16-30-14-12-24(17-30)33-25(18-3-7-21(27)8-4-18)19-5-9-22(28)10-6-19/h3-11,13,15,24-25H,2,12,14,16-17H2,1H3/t24-/m0/s1. The van der Waals surface area contributed by atoms with Gasteiger partial charge in [0.25, 0.3) is 0 Å². The Morgan fingerprint density at radius 1 is 1.06 bits per heavy atom. The van der Waals surface area contributed by atoms with Gasteiger partial charge in [-0.25, -0.2) is 13.6 Å². The molecule has 1 aromatic heterocycles. The van der Waals surface area contributed by atoms with Crippen molar-refractivity contribution >= 4 is 5.97 Å². The number of esters is 1. The molecule has 7 heteroatoms. The van der Waals surface area contributed by atoms with Crippen molar-refractivity contribution in [3.63, 3.8) is 0 Å². The molecule has 5 nitrogen and oxygen atoms in total. The van der Waals surface area contributed by atoms with E-state index in [1.54, 1.807) is 49.5 Å². The summed E-state index contributed by atoms with van der Waals surface area (Å²) in [5.74, 6) is -0.993. The van der Waals surface area contributed by atoms with E-state index < -0.39 is 6.10 Å². The first-order chi connectivity index (χ1) is 16.0. The maximum absolute atomic E-state index is 13.5. The Hall–Kier alpha value is -3.16. The lowest BCUT2D eigenvalue weighted by Gasteiger charge is -2.24. The van der Waals surface area contributed by atoms with Crippen molar-refractivity contribution in [3.8, 4) is 0 Å². The Kier molecular flexibility index (Phi) is 7.42. The van der Waals surface area contributed by atoms with Gasteiger partial charge < -0.3 is 9.47 Å². The fourth-order valence-electron chi connectivity index (χ4n) is 4.00. The summed E-state index contributed by atoms with van der Waals surface area (Å²) in [6, 6.07) is 15.8. The first-order valence-corrected chi connectivity index (χ1v) is 11.0. The van der Waals surface area contributed by atoms with Crippen LogP contribution in [0.3, 0.4) is 0 Å². The van der Waals surface area contributed by atoms with E-state index in [1.807, 2.05) is 0 Å². The molecule has 0 bridgehead atoms. The molecule has 0 saturated carbocycles. The quantitative estimate of drug-likeness (QED) is 0.454. The van der Waals surface area contributed by atoms with Gasteiger partial charge in [0.1, 0.15) is 17.7 Å². The number of pyridine rings is 1. The van der Waals surface area contributed by atoms with Crippen molar-refractivity contribution in [3.05, 3.63) is 101 Å². The molecule has 0 N–H and O–H groups in total. The van der Waals surface area contributed by atoms with E-state index in [0.717, 1.165) is 29.8 Å². The third-order valence-electron chi connectivity index (χ3n) is 5.62. The van der Waals surface area contributed by atoms with Gasteiger partial charge in [-0.15, -0.1) is 0 Å². The number of aromatic nitrogens is 1. The molecular formula is C26H26F2N2O3. The van der Waals surface area contributed by atoms with Crippen molar-refractivity contribution in [1.82, 2.24) is 9.88 Å². The van der Waals surface area contributed by atoms with Crippen LogP contribution in [0.4, 0.5) is 8.78 Å². The molecule has 4 rings (SSSR count). The molecule has 1 saturated heterocycles. The van der Waals surface area contributed by atoms with E-state index in [-0.39, 0.29) is 23.7 Å². The lowest BCUT2D eigenvalue weighted by Crippen LogP contribution is -2.25. The number of hydrogen-bond acceptors (Lipinski definition) is 5. The van der Waals surface area contributed by atoms with Crippen LogP contribution in [0, 0.1) is 11.6 Å². The normalized spacial score (nSPS) is 16.3. The predicted molar refractivity (Wildman–Crippen MR) is 120 cm³/mol. The highest BCUT2D eigenvalue weighted by Crippen LogP contribution is 2.30. The summed E-state index contributed by atoms with van der Waals surface area (Å²) in [6.07, 6.45) is 1.95. The minimum Gasteiger partial charge on any atom is -0.462 e. The van der Waals surface area contributed by atoms with Crippen LogP contribution < -0.4 is 0 Å². The molecule has 0 spiro atoms. The summed E-state index contributed by atoms with van der Waals surface area (Å²) in [6.45, 7) is 4.19. The van der Waals surface area contributed by atoms with Gasteiger partial charge in [-0.05, 0) is 60.9 Å². The fraction of sp³-hybridized carbons (Fsp3) is 0.308. The highest BCUT2D eigenvalue weighted by Gasteiger charge is 2.28. The number of carbonyl (C=O) groups is 1. The van der Waals surface area contributed by atoms with E-state index in [4.69, 9.17) is 9.47 Å². The Bertz CT molecular complexity index is 1030. The number of rotatable bonds is 8. The Morgan fingerprint density at radius 3 is 2.30 bits per heavy atom. The summed E-state index contributed by atoms with van der Waals surface area (Å²) in [5.41, 5.74) is 2.90. The maximum atomic E-state index is 13.5. The molecule has 1 aliphatic heterocycles. The smallest absolute Gasteiger partial charge is 0.338 e. The number of carbonyl (C=O) groups excluding carboxylic acids is 1. The zero-order valence-electron chi connectivity index (χ0n) is 18.4. The highest BCUT2D eigenvalue weighted by atomic mass is 19.1. The minimum absolute atomic E-state index is 0.0571. The van der Waals surface area contributed by atoms with Gasteiger partial charge >= 0.3 is 5.97 Å². The first-order valence-electron chi connectivity index (χ1n) is 11.0. The van der Waals surface area contributed by atoms with Crippen molar-refractivity contribution in [2.45, 2.75) is 32.1 Å². The molecule has 3 aromatic rings. The monoisotopic (exact) mass is 452 g/mol. The Balaban J connectivity index is 1.44. The molecule has 0 aliphatic carbocycles. The van der Waals surface area contributed by atoms with Gasteiger partial charge in [0.05, 0.1) is 24.0 Å². The second-order valence-electron chi connectivity index (χ2n) is 8.02. The summed E-state index contributed by atoms with van der Waals surface area (Å²) in [5, 5.41) is 0. The van der Waals surface area contributed by atoms with E-state index in [9.17, 15) is 13.6 Å². The highest BCUT2D eigenvalue weighted by molar-refractivity contribution is 5.89. The lowest BCUT2D eigenvalue weighted by atomic mass is 10.0. The zero-order chi connectivity index (χ0) is 23.2. The fourth-order valence-corrected chi connectivity index (χ4v) is 4.00. The van der Waals surface area contributed by atoms with Gasteiger partial charge in [0.15, 0.2) is 0 Å². The second-order valence-corrected chi connectivity index (χ2v) is 8.02. The van der Waals surface area contributed by atoms with Gasteiger partial charge in [0.2, 0.25) is 0 Å². The van der Waals surface area contributed by atoms with Gasteiger partial charge in [-0.3, -0.25) is 9.88 Å².